The van der Waals surface area contributed by atoms with E-state index in [2.05, 4.69) is 24.0 Å². The molecule has 1 aromatic carbocycles. The average molecular weight is 393 g/mol. The minimum Gasteiger partial charge on any atom is -0.341 e. The van der Waals surface area contributed by atoms with Crippen LogP contribution in [0, 0.1) is 18.8 Å². The van der Waals surface area contributed by atoms with E-state index in [1.807, 2.05) is 41.5 Å². The van der Waals surface area contributed by atoms with Crippen molar-refractivity contribution in [1.82, 2.24) is 19.7 Å². The molecule has 2 heterocycles. The molecule has 3 unspecified atom stereocenters. The van der Waals surface area contributed by atoms with Crippen LogP contribution in [0.3, 0.4) is 0 Å². The third-order valence-corrected chi connectivity index (χ3v) is 6.21. The van der Waals surface area contributed by atoms with Crippen LogP contribution in [-0.2, 0) is 4.79 Å². The molecule has 1 fully saturated rings. The zero-order valence-electron chi connectivity index (χ0n) is 15.6. The summed E-state index contributed by atoms with van der Waals surface area (Å²) in [5.74, 6) is 1.28. The normalized spacial score (nSPS) is 21.7. The molecule has 0 saturated carbocycles. The van der Waals surface area contributed by atoms with E-state index < -0.39 is 0 Å². The Labute approximate surface area is 164 Å². The van der Waals surface area contributed by atoms with Gasteiger partial charge in [0.25, 0.3) is 0 Å². The lowest BCUT2D eigenvalue weighted by Gasteiger charge is -2.36. The summed E-state index contributed by atoms with van der Waals surface area (Å²) in [6, 6.07) is 5.84. The molecule has 1 aromatic heterocycles. The lowest BCUT2D eigenvalue weighted by atomic mass is 9.92. The van der Waals surface area contributed by atoms with Crippen LogP contribution in [0.5, 0.6) is 0 Å². The first-order chi connectivity index (χ1) is 12.3. The summed E-state index contributed by atoms with van der Waals surface area (Å²) in [5, 5.41) is 9.42. The predicted octanol–water partition coefficient (Wildman–Crippen LogP) is 4.21. The molecule has 2 aromatic rings. The molecule has 0 aliphatic carbocycles. The number of hydrogen-bond acceptors (Lipinski definition) is 4. The number of hydrogen-bond donors (Lipinski definition) is 0. The molecule has 0 spiro atoms. The number of thioether (sulfide) groups is 1. The van der Waals surface area contributed by atoms with Crippen molar-refractivity contribution in [2.75, 3.05) is 13.1 Å². The number of carbonyl (C=O) groups excluding carboxylic acids is 1. The molecule has 26 heavy (non-hydrogen) atoms. The van der Waals surface area contributed by atoms with Crippen molar-refractivity contribution in [3.8, 4) is 5.69 Å². The van der Waals surface area contributed by atoms with Gasteiger partial charge >= 0.3 is 0 Å². The van der Waals surface area contributed by atoms with E-state index in [9.17, 15) is 4.79 Å². The van der Waals surface area contributed by atoms with Crippen LogP contribution in [0.4, 0.5) is 0 Å². The van der Waals surface area contributed by atoms with Gasteiger partial charge in [0.15, 0.2) is 5.16 Å². The molecule has 1 aliphatic rings. The highest BCUT2D eigenvalue weighted by Crippen LogP contribution is 2.29. The maximum atomic E-state index is 12.9. The Hall–Kier alpha value is -1.53. The Morgan fingerprint density at radius 3 is 2.65 bits per heavy atom. The molecule has 140 valence electrons. The van der Waals surface area contributed by atoms with Gasteiger partial charge in [-0.05, 0) is 49.8 Å². The summed E-state index contributed by atoms with van der Waals surface area (Å²) in [5.41, 5.74) is 1.92. The van der Waals surface area contributed by atoms with E-state index >= 15 is 0 Å². The Bertz CT molecular complexity index is 784. The van der Waals surface area contributed by atoms with Gasteiger partial charge < -0.3 is 4.90 Å². The number of amides is 1. The van der Waals surface area contributed by atoms with E-state index in [1.54, 1.807) is 6.33 Å². The number of nitrogens with zero attached hydrogens (tertiary/aromatic N) is 4. The van der Waals surface area contributed by atoms with Gasteiger partial charge in [-0.3, -0.25) is 9.36 Å². The maximum Gasteiger partial charge on any atom is 0.235 e. The van der Waals surface area contributed by atoms with E-state index in [0.29, 0.717) is 22.0 Å². The van der Waals surface area contributed by atoms with Gasteiger partial charge in [0.2, 0.25) is 5.91 Å². The number of carbonyl (C=O) groups is 1. The Balaban J connectivity index is 1.74. The quantitative estimate of drug-likeness (QED) is 0.731. The van der Waals surface area contributed by atoms with Crippen molar-refractivity contribution < 1.29 is 4.79 Å². The van der Waals surface area contributed by atoms with Crippen molar-refractivity contribution in [2.24, 2.45) is 11.8 Å². The molecule has 3 atom stereocenters. The smallest absolute Gasteiger partial charge is 0.235 e. The first-order valence-electron chi connectivity index (χ1n) is 8.97. The Kier molecular flexibility index (Phi) is 5.92. The fourth-order valence-corrected chi connectivity index (χ4v) is 4.62. The number of benzene rings is 1. The van der Waals surface area contributed by atoms with Gasteiger partial charge in [0, 0.05) is 18.1 Å². The summed E-state index contributed by atoms with van der Waals surface area (Å²) in [6.45, 7) is 10.0. The Morgan fingerprint density at radius 2 is 2.00 bits per heavy atom. The highest BCUT2D eigenvalue weighted by atomic mass is 35.5. The first kappa shape index (κ1) is 19.2. The lowest BCUT2D eigenvalue weighted by molar-refractivity contribution is -0.132. The first-order valence-corrected chi connectivity index (χ1v) is 10.2. The number of piperidine rings is 1. The topological polar surface area (TPSA) is 51.0 Å². The average Bonchev–Trinajstić information content (AvgIpc) is 3.03. The number of aryl methyl sites for hydroxylation is 1. The van der Waals surface area contributed by atoms with Crippen LogP contribution in [0.15, 0.2) is 29.7 Å². The van der Waals surface area contributed by atoms with Gasteiger partial charge in [-0.2, -0.15) is 0 Å². The van der Waals surface area contributed by atoms with Crippen LogP contribution < -0.4 is 0 Å². The van der Waals surface area contributed by atoms with Crippen LogP contribution in [-0.4, -0.2) is 43.9 Å². The molecular formula is C19H25ClN4OS. The fourth-order valence-electron chi connectivity index (χ4n) is 3.52. The van der Waals surface area contributed by atoms with Gasteiger partial charge in [-0.25, -0.2) is 0 Å². The molecule has 1 amide bonds. The van der Waals surface area contributed by atoms with Crippen molar-refractivity contribution >= 4 is 29.3 Å². The molecule has 0 bridgehead atoms. The van der Waals surface area contributed by atoms with E-state index in [-0.39, 0.29) is 11.2 Å². The Morgan fingerprint density at radius 1 is 1.31 bits per heavy atom. The second-order valence-corrected chi connectivity index (χ2v) is 9.08. The minimum atomic E-state index is -0.212. The van der Waals surface area contributed by atoms with Crippen LogP contribution >= 0.6 is 23.4 Å². The van der Waals surface area contributed by atoms with Crippen molar-refractivity contribution in [1.29, 1.82) is 0 Å². The lowest BCUT2D eigenvalue weighted by Crippen LogP contribution is -2.45. The third-order valence-electron chi connectivity index (χ3n) is 4.76. The second-order valence-electron chi connectivity index (χ2n) is 7.37. The highest BCUT2D eigenvalue weighted by Gasteiger charge is 2.29. The number of rotatable bonds is 4. The molecule has 5 nitrogen and oxygen atoms in total. The van der Waals surface area contributed by atoms with Crippen LogP contribution in [0.25, 0.3) is 5.69 Å². The van der Waals surface area contributed by atoms with Gasteiger partial charge in [-0.1, -0.05) is 43.3 Å². The molecule has 7 heteroatoms. The second kappa shape index (κ2) is 8.01. The summed E-state index contributed by atoms with van der Waals surface area (Å²) >= 11 is 7.69. The van der Waals surface area contributed by atoms with Gasteiger partial charge in [-0.15, -0.1) is 10.2 Å². The maximum absolute atomic E-state index is 12.9. The van der Waals surface area contributed by atoms with Gasteiger partial charge in [0.1, 0.15) is 6.33 Å². The van der Waals surface area contributed by atoms with E-state index in [0.717, 1.165) is 24.3 Å². The van der Waals surface area contributed by atoms with Crippen LogP contribution in [0.1, 0.15) is 32.8 Å². The standard InChI is InChI=1S/C19H25ClN4OS/c1-12-7-13(2)10-23(9-12)18(25)15(4)26-19-22-21-11-24(19)16-6-5-14(3)17(20)8-16/h5-6,8,11-13,15H,7,9-10H2,1-4H3. The number of halogens is 1. The molecule has 1 aliphatic heterocycles. The molecule has 0 radical (unpaired) electrons. The fraction of sp³-hybridized carbons (Fsp3) is 0.526. The monoisotopic (exact) mass is 392 g/mol. The molecule has 1 saturated heterocycles. The SMILES string of the molecule is Cc1ccc(-n2cnnc2SC(C)C(=O)N2CC(C)CC(C)C2)cc1Cl. The zero-order chi connectivity index (χ0) is 18.8. The van der Waals surface area contributed by atoms with Crippen molar-refractivity contribution in [3.05, 3.63) is 35.1 Å². The molecule has 0 N–H and O–H groups in total. The predicted molar refractivity (Wildman–Crippen MR) is 106 cm³/mol. The highest BCUT2D eigenvalue weighted by molar-refractivity contribution is 8.00. The van der Waals surface area contributed by atoms with Crippen LogP contribution in [0.2, 0.25) is 5.02 Å². The number of likely N-dealkylation sites (tertiary alicyclic amines) is 1. The summed E-state index contributed by atoms with van der Waals surface area (Å²) < 4.78 is 1.88. The molecular weight excluding hydrogens is 368 g/mol. The third kappa shape index (κ3) is 4.23. The number of aromatic nitrogens is 3. The largest absolute Gasteiger partial charge is 0.341 e. The minimum absolute atomic E-state index is 0.171. The molecule has 3 rings (SSSR count). The summed E-state index contributed by atoms with van der Waals surface area (Å²) in [6.07, 6.45) is 2.85. The summed E-state index contributed by atoms with van der Waals surface area (Å²) in [4.78, 5) is 14.9. The zero-order valence-corrected chi connectivity index (χ0v) is 17.2. The van der Waals surface area contributed by atoms with Crippen molar-refractivity contribution in [2.45, 2.75) is 44.5 Å². The van der Waals surface area contributed by atoms with Gasteiger partial charge in [0.05, 0.1) is 10.9 Å². The van der Waals surface area contributed by atoms with Crippen molar-refractivity contribution in [3.63, 3.8) is 0 Å². The summed E-state index contributed by atoms with van der Waals surface area (Å²) in [7, 11) is 0. The van der Waals surface area contributed by atoms with E-state index in [4.69, 9.17) is 11.6 Å². The van der Waals surface area contributed by atoms with E-state index in [1.165, 1.54) is 18.2 Å².